The number of carbonyl (C=O) groups is 1. The van der Waals surface area contributed by atoms with Gasteiger partial charge in [0.25, 0.3) is 0 Å². The number of aryl methyl sites for hydroxylation is 1. The fourth-order valence-electron chi connectivity index (χ4n) is 2.74. The van der Waals surface area contributed by atoms with E-state index in [1.54, 1.807) is 25.1 Å². The third kappa shape index (κ3) is 2.71. The van der Waals surface area contributed by atoms with E-state index in [1.165, 1.54) is 24.4 Å². The average Bonchev–Trinajstić information content (AvgIpc) is 2.53. The van der Waals surface area contributed by atoms with E-state index in [0.717, 1.165) is 6.07 Å². The Morgan fingerprint density at radius 2 is 1.83 bits per heavy atom. The number of carboxylic acid groups (broad SMARTS) is 1. The van der Waals surface area contributed by atoms with Crippen LogP contribution in [-0.2, 0) is 6.18 Å². The highest BCUT2D eigenvalue weighted by Crippen LogP contribution is 2.38. The van der Waals surface area contributed by atoms with E-state index in [0.29, 0.717) is 22.1 Å². The van der Waals surface area contributed by atoms with Gasteiger partial charge in [0.2, 0.25) is 0 Å². The number of alkyl halides is 3. The first-order valence-electron chi connectivity index (χ1n) is 7.08. The third-order valence-corrected chi connectivity index (χ3v) is 3.79. The number of para-hydroxylation sites is 1. The lowest BCUT2D eigenvalue weighted by Crippen LogP contribution is -2.07. The number of hydrogen-bond donors (Lipinski definition) is 1. The Kier molecular flexibility index (Phi) is 3.75. The van der Waals surface area contributed by atoms with Crippen molar-refractivity contribution in [3.63, 3.8) is 0 Å². The monoisotopic (exact) mass is 331 g/mol. The normalized spacial score (nSPS) is 11.7. The zero-order valence-corrected chi connectivity index (χ0v) is 12.6. The van der Waals surface area contributed by atoms with Gasteiger partial charge in [-0.15, -0.1) is 0 Å². The molecule has 3 nitrogen and oxygen atoms in total. The molecule has 3 aromatic rings. The van der Waals surface area contributed by atoms with Gasteiger partial charge >= 0.3 is 12.1 Å². The summed E-state index contributed by atoms with van der Waals surface area (Å²) in [5, 5.41) is 9.47. The van der Waals surface area contributed by atoms with E-state index in [4.69, 9.17) is 5.11 Å². The number of aromatic nitrogens is 1. The molecular weight excluding hydrogens is 319 g/mol. The largest absolute Gasteiger partial charge is 0.478 e. The molecule has 1 N–H and O–H groups in total. The number of rotatable bonds is 2. The number of benzene rings is 2. The summed E-state index contributed by atoms with van der Waals surface area (Å²) in [7, 11) is 0. The molecule has 6 heteroatoms. The molecule has 0 amide bonds. The average molecular weight is 331 g/mol. The van der Waals surface area contributed by atoms with Crippen molar-refractivity contribution >= 4 is 16.9 Å². The zero-order chi connectivity index (χ0) is 17.5. The summed E-state index contributed by atoms with van der Waals surface area (Å²) in [5.41, 5.74) is 0.878. The lowest BCUT2D eigenvalue weighted by atomic mass is 9.94. The Balaban J connectivity index is 2.35. The second-order valence-electron chi connectivity index (χ2n) is 5.40. The van der Waals surface area contributed by atoms with Crippen molar-refractivity contribution in [1.29, 1.82) is 0 Å². The van der Waals surface area contributed by atoms with Gasteiger partial charge < -0.3 is 5.11 Å². The van der Waals surface area contributed by atoms with Gasteiger partial charge in [0, 0.05) is 11.6 Å². The van der Waals surface area contributed by atoms with Crippen LogP contribution in [0.4, 0.5) is 13.2 Å². The van der Waals surface area contributed by atoms with E-state index in [2.05, 4.69) is 4.98 Å². The molecule has 1 aromatic heterocycles. The number of aromatic carboxylic acids is 1. The van der Waals surface area contributed by atoms with E-state index in [9.17, 15) is 18.0 Å². The third-order valence-electron chi connectivity index (χ3n) is 3.79. The zero-order valence-electron chi connectivity index (χ0n) is 12.6. The molecule has 0 bridgehead atoms. The van der Waals surface area contributed by atoms with Crippen LogP contribution in [0.5, 0.6) is 0 Å². The molecule has 1 heterocycles. The van der Waals surface area contributed by atoms with Crippen molar-refractivity contribution < 1.29 is 23.1 Å². The summed E-state index contributed by atoms with van der Waals surface area (Å²) in [6.45, 7) is 1.73. The minimum Gasteiger partial charge on any atom is -0.478 e. The van der Waals surface area contributed by atoms with Crippen LogP contribution < -0.4 is 0 Å². The van der Waals surface area contributed by atoms with Crippen molar-refractivity contribution in [2.24, 2.45) is 0 Å². The number of halogens is 3. The quantitative estimate of drug-likeness (QED) is 0.724. The maximum Gasteiger partial charge on any atom is 0.418 e. The molecule has 2 aromatic carbocycles. The van der Waals surface area contributed by atoms with Crippen LogP contribution in [0.2, 0.25) is 0 Å². The van der Waals surface area contributed by atoms with Crippen molar-refractivity contribution in [1.82, 2.24) is 4.98 Å². The highest BCUT2D eigenvalue weighted by atomic mass is 19.4. The van der Waals surface area contributed by atoms with Crippen LogP contribution >= 0.6 is 0 Å². The van der Waals surface area contributed by atoms with Gasteiger partial charge in [-0.1, -0.05) is 24.3 Å². The van der Waals surface area contributed by atoms with Crippen LogP contribution in [0.15, 0.2) is 48.7 Å². The Morgan fingerprint density at radius 1 is 1.12 bits per heavy atom. The van der Waals surface area contributed by atoms with Crippen molar-refractivity contribution in [2.45, 2.75) is 13.1 Å². The Morgan fingerprint density at radius 3 is 2.50 bits per heavy atom. The molecule has 0 saturated heterocycles. The van der Waals surface area contributed by atoms with Crippen molar-refractivity contribution in [3.8, 4) is 11.1 Å². The van der Waals surface area contributed by atoms with Crippen LogP contribution in [0.3, 0.4) is 0 Å². The molecule has 0 aliphatic rings. The van der Waals surface area contributed by atoms with Gasteiger partial charge in [-0.3, -0.25) is 4.98 Å². The maximum absolute atomic E-state index is 13.2. The van der Waals surface area contributed by atoms with E-state index in [-0.39, 0.29) is 11.1 Å². The molecule has 0 spiro atoms. The molecule has 0 unspecified atom stereocenters. The predicted molar refractivity (Wildman–Crippen MR) is 83.9 cm³/mol. The molecule has 122 valence electrons. The lowest BCUT2D eigenvalue weighted by molar-refractivity contribution is -0.136. The van der Waals surface area contributed by atoms with Gasteiger partial charge in [0.1, 0.15) is 0 Å². The van der Waals surface area contributed by atoms with Gasteiger partial charge in [-0.2, -0.15) is 13.2 Å². The molecule has 0 radical (unpaired) electrons. The van der Waals surface area contributed by atoms with Gasteiger partial charge in [0.15, 0.2) is 0 Å². The Labute approximate surface area is 135 Å². The first-order valence-corrected chi connectivity index (χ1v) is 7.08. The first kappa shape index (κ1) is 16.0. The molecule has 0 aliphatic carbocycles. The first-order chi connectivity index (χ1) is 11.3. The fraction of sp³-hybridized carbons (Fsp3) is 0.111. The van der Waals surface area contributed by atoms with Gasteiger partial charge in [-0.25, -0.2) is 4.79 Å². The van der Waals surface area contributed by atoms with Gasteiger partial charge in [0.05, 0.1) is 16.6 Å². The number of fused-ring (bicyclic) bond motifs is 1. The minimum absolute atomic E-state index is 0.0730. The molecule has 0 atom stereocenters. The van der Waals surface area contributed by atoms with Gasteiger partial charge in [-0.05, 0) is 41.8 Å². The molecule has 3 rings (SSSR count). The van der Waals surface area contributed by atoms with Crippen molar-refractivity contribution in [3.05, 3.63) is 65.4 Å². The summed E-state index contributed by atoms with van der Waals surface area (Å²) in [6.07, 6.45) is -3.14. The summed E-state index contributed by atoms with van der Waals surface area (Å²) >= 11 is 0. The van der Waals surface area contributed by atoms with E-state index in [1.807, 2.05) is 0 Å². The summed E-state index contributed by atoms with van der Waals surface area (Å²) in [5.74, 6) is -1.09. The number of hydrogen-bond acceptors (Lipinski definition) is 2. The summed E-state index contributed by atoms with van der Waals surface area (Å²) < 4.78 is 39.6. The highest BCUT2D eigenvalue weighted by Gasteiger charge is 2.33. The molecule has 24 heavy (non-hydrogen) atoms. The maximum atomic E-state index is 13.2. The van der Waals surface area contributed by atoms with Crippen LogP contribution in [0.1, 0.15) is 21.5 Å². The van der Waals surface area contributed by atoms with Crippen LogP contribution in [-0.4, -0.2) is 16.1 Å². The number of carboxylic acids is 1. The minimum atomic E-state index is -4.51. The van der Waals surface area contributed by atoms with Crippen molar-refractivity contribution in [2.75, 3.05) is 0 Å². The fourth-order valence-corrected chi connectivity index (χ4v) is 2.74. The second kappa shape index (κ2) is 5.63. The standard InChI is InChI=1S/C18H12F3NO2/c1-10-9-22-16-13(6-3-7-14(16)18(19,20)21)15(10)11-4-2-5-12(8-11)17(23)24/h2-9H,1H3,(H,23,24). The van der Waals surface area contributed by atoms with E-state index < -0.39 is 17.7 Å². The highest BCUT2D eigenvalue weighted by molar-refractivity contribution is 5.99. The predicted octanol–water partition coefficient (Wildman–Crippen LogP) is 4.93. The Bertz CT molecular complexity index is 949. The summed E-state index contributed by atoms with van der Waals surface area (Å²) in [6, 6.07) is 10.0. The topological polar surface area (TPSA) is 50.2 Å². The smallest absolute Gasteiger partial charge is 0.418 e. The van der Waals surface area contributed by atoms with Crippen LogP contribution in [0, 0.1) is 6.92 Å². The molecule has 0 aliphatic heterocycles. The van der Waals surface area contributed by atoms with E-state index >= 15 is 0 Å². The lowest BCUT2D eigenvalue weighted by Gasteiger charge is -2.14. The number of nitrogens with zero attached hydrogens (tertiary/aromatic N) is 1. The molecule has 0 fully saturated rings. The summed E-state index contributed by atoms with van der Waals surface area (Å²) in [4.78, 5) is 15.1. The second-order valence-corrected chi connectivity index (χ2v) is 5.40. The SMILES string of the molecule is Cc1cnc2c(C(F)(F)F)cccc2c1-c1cccc(C(=O)O)c1. The Hall–Kier alpha value is -2.89. The number of pyridine rings is 1. The molecule has 0 saturated carbocycles. The van der Waals surface area contributed by atoms with Crippen LogP contribution in [0.25, 0.3) is 22.0 Å². The molecular formula is C18H12F3NO2.